The van der Waals surface area contributed by atoms with Crippen LogP contribution in [0.3, 0.4) is 0 Å². The topological polar surface area (TPSA) is 51.2 Å². The summed E-state index contributed by atoms with van der Waals surface area (Å²) in [5, 5.41) is 3.96. The molecule has 5 heteroatoms. The normalized spacial score (nSPS) is 10.1. The molecule has 0 fully saturated rings. The number of benzene rings is 1. The number of anilines is 2. The SMILES string of the molecule is CCOC(=O)Cc1cnc(Nc2ccccc2)s1. The van der Waals surface area contributed by atoms with Crippen molar-refractivity contribution in [3.8, 4) is 0 Å². The second-order valence-electron chi connectivity index (χ2n) is 3.60. The van der Waals surface area contributed by atoms with Crippen LogP contribution in [0.2, 0.25) is 0 Å². The molecular formula is C13H14N2O2S. The van der Waals surface area contributed by atoms with Crippen LogP contribution in [0, 0.1) is 0 Å². The van der Waals surface area contributed by atoms with Gasteiger partial charge >= 0.3 is 5.97 Å². The standard InChI is InChI=1S/C13H14N2O2S/c1-2-17-12(16)8-11-9-14-13(18-11)15-10-6-4-3-5-7-10/h3-7,9H,2,8H2,1H3,(H,14,15). The Morgan fingerprint density at radius 1 is 1.39 bits per heavy atom. The van der Waals surface area contributed by atoms with Crippen LogP contribution < -0.4 is 5.32 Å². The van der Waals surface area contributed by atoms with Crippen molar-refractivity contribution in [3.63, 3.8) is 0 Å². The van der Waals surface area contributed by atoms with Gasteiger partial charge in [0.2, 0.25) is 0 Å². The van der Waals surface area contributed by atoms with Crippen LogP contribution in [0.15, 0.2) is 36.5 Å². The lowest BCUT2D eigenvalue weighted by molar-refractivity contribution is -0.142. The number of esters is 1. The van der Waals surface area contributed by atoms with Crippen molar-refractivity contribution in [1.29, 1.82) is 0 Å². The van der Waals surface area contributed by atoms with Gasteiger partial charge in [-0.05, 0) is 19.1 Å². The van der Waals surface area contributed by atoms with E-state index >= 15 is 0 Å². The van der Waals surface area contributed by atoms with Crippen LogP contribution in [-0.4, -0.2) is 17.6 Å². The van der Waals surface area contributed by atoms with Crippen molar-refractivity contribution in [2.45, 2.75) is 13.3 Å². The van der Waals surface area contributed by atoms with Crippen molar-refractivity contribution in [2.24, 2.45) is 0 Å². The first-order valence-electron chi connectivity index (χ1n) is 5.70. The highest BCUT2D eigenvalue weighted by molar-refractivity contribution is 7.15. The fourth-order valence-corrected chi connectivity index (χ4v) is 2.26. The van der Waals surface area contributed by atoms with Gasteiger partial charge in [0.05, 0.1) is 13.0 Å². The first-order valence-corrected chi connectivity index (χ1v) is 6.52. The number of nitrogens with zero attached hydrogens (tertiary/aromatic N) is 1. The first kappa shape index (κ1) is 12.6. The number of para-hydroxylation sites is 1. The summed E-state index contributed by atoms with van der Waals surface area (Å²) in [5.41, 5.74) is 0.981. The molecule has 0 aliphatic rings. The third-order valence-corrected chi connectivity index (χ3v) is 3.12. The summed E-state index contributed by atoms with van der Waals surface area (Å²) in [6.07, 6.45) is 1.98. The molecule has 1 aromatic carbocycles. The summed E-state index contributed by atoms with van der Waals surface area (Å²) in [5.74, 6) is -0.215. The zero-order valence-electron chi connectivity index (χ0n) is 10.1. The molecule has 0 unspecified atom stereocenters. The number of ether oxygens (including phenoxy) is 1. The fourth-order valence-electron chi connectivity index (χ4n) is 1.45. The summed E-state index contributed by atoms with van der Waals surface area (Å²) in [6.45, 7) is 2.21. The molecule has 0 aliphatic carbocycles. The Morgan fingerprint density at radius 3 is 2.89 bits per heavy atom. The fraction of sp³-hybridized carbons (Fsp3) is 0.231. The van der Waals surface area contributed by atoms with Gasteiger partial charge in [0.1, 0.15) is 0 Å². The highest BCUT2D eigenvalue weighted by atomic mass is 32.1. The number of rotatable bonds is 5. The molecule has 1 aromatic heterocycles. The monoisotopic (exact) mass is 262 g/mol. The van der Waals surface area contributed by atoms with Crippen LogP contribution in [0.25, 0.3) is 0 Å². The van der Waals surface area contributed by atoms with E-state index in [4.69, 9.17) is 4.74 Å². The van der Waals surface area contributed by atoms with E-state index in [1.165, 1.54) is 11.3 Å². The van der Waals surface area contributed by atoms with E-state index in [2.05, 4.69) is 10.3 Å². The minimum atomic E-state index is -0.215. The molecule has 4 nitrogen and oxygen atoms in total. The number of thiazole rings is 1. The minimum Gasteiger partial charge on any atom is -0.466 e. The molecule has 0 aliphatic heterocycles. The van der Waals surface area contributed by atoms with E-state index in [1.807, 2.05) is 30.3 Å². The molecule has 0 atom stereocenters. The summed E-state index contributed by atoms with van der Waals surface area (Å²) in [4.78, 5) is 16.4. The molecule has 1 heterocycles. The van der Waals surface area contributed by atoms with E-state index in [0.717, 1.165) is 15.7 Å². The van der Waals surface area contributed by atoms with Crippen LogP contribution in [-0.2, 0) is 16.0 Å². The lowest BCUT2D eigenvalue weighted by Gasteiger charge is -2.00. The summed E-state index contributed by atoms with van der Waals surface area (Å²) < 4.78 is 4.89. The van der Waals surface area contributed by atoms with Crippen molar-refractivity contribution >= 4 is 28.1 Å². The Bertz CT molecular complexity index is 511. The molecule has 0 saturated heterocycles. The molecule has 18 heavy (non-hydrogen) atoms. The number of hydrogen-bond donors (Lipinski definition) is 1. The van der Waals surface area contributed by atoms with E-state index in [9.17, 15) is 4.79 Å². The number of carbonyl (C=O) groups is 1. The van der Waals surface area contributed by atoms with Gasteiger partial charge in [-0.15, -0.1) is 11.3 Å². The Hall–Kier alpha value is -1.88. The smallest absolute Gasteiger partial charge is 0.311 e. The average Bonchev–Trinajstić information content (AvgIpc) is 2.78. The third kappa shape index (κ3) is 3.56. The highest BCUT2D eigenvalue weighted by Crippen LogP contribution is 2.22. The van der Waals surface area contributed by atoms with Crippen LogP contribution in [0.4, 0.5) is 10.8 Å². The number of hydrogen-bond acceptors (Lipinski definition) is 5. The van der Waals surface area contributed by atoms with Crippen LogP contribution >= 0.6 is 11.3 Å². The maximum atomic E-state index is 11.3. The van der Waals surface area contributed by atoms with Gasteiger partial charge in [-0.1, -0.05) is 18.2 Å². The average molecular weight is 262 g/mol. The second kappa shape index (κ2) is 6.16. The molecule has 0 saturated carbocycles. The molecule has 0 spiro atoms. The van der Waals surface area contributed by atoms with E-state index in [1.54, 1.807) is 13.1 Å². The number of aromatic nitrogens is 1. The highest BCUT2D eigenvalue weighted by Gasteiger charge is 2.08. The first-order chi connectivity index (χ1) is 8.78. The largest absolute Gasteiger partial charge is 0.466 e. The Balaban J connectivity index is 1.96. The van der Waals surface area contributed by atoms with Crippen molar-refractivity contribution in [3.05, 3.63) is 41.4 Å². The van der Waals surface area contributed by atoms with Gasteiger partial charge in [0.25, 0.3) is 0 Å². The summed E-state index contributed by atoms with van der Waals surface area (Å²) in [7, 11) is 0. The Labute approximate surface area is 110 Å². The summed E-state index contributed by atoms with van der Waals surface area (Å²) >= 11 is 1.46. The predicted molar refractivity (Wildman–Crippen MR) is 72.2 cm³/mol. The van der Waals surface area contributed by atoms with E-state index in [-0.39, 0.29) is 12.4 Å². The van der Waals surface area contributed by atoms with E-state index in [0.29, 0.717) is 6.61 Å². The maximum Gasteiger partial charge on any atom is 0.311 e. The molecular weight excluding hydrogens is 248 g/mol. The quantitative estimate of drug-likeness (QED) is 0.842. The maximum absolute atomic E-state index is 11.3. The molecule has 94 valence electrons. The minimum absolute atomic E-state index is 0.215. The molecule has 0 amide bonds. The number of nitrogens with one attached hydrogen (secondary N) is 1. The molecule has 1 N–H and O–H groups in total. The van der Waals surface area contributed by atoms with Crippen LogP contribution in [0.5, 0.6) is 0 Å². The predicted octanol–water partition coefficient (Wildman–Crippen LogP) is 2.99. The van der Waals surface area contributed by atoms with Gasteiger partial charge in [-0.2, -0.15) is 0 Å². The molecule has 0 bridgehead atoms. The summed E-state index contributed by atoms with van der Waals surface area (Å²) in [6, 6.07) is 9.79. The Kier molecular flexibility index (Phi) is 4.30. The van der Waals surface area contributed by atoms with Crippen molar-refractivity contribution in [1.82, 2.24) is 4.98 Å². The van der Waals surface area contributed by atoms with E-state index < -0.39 is 0 Å². The van der Waals surface area contributed by atoms with Gasteiger partial charge < -0.3 is 10.1 Å². The van der Waals surface area contributed by atoms with Gasteiger partial charge in [-0.25, -0.2) is 4.98 Å². The molecule has 0 radical (unpaired) electrons. The molecule has 2 rings (SSSR count). The second-order valence-corrected chi connectivity index (χ2v) is 4.72. The van der Waals surface area contributed by atoms with Gasteiger partial charge in [0, 0.05) is 16.8 Å². The lowest BCUT2D eigenvalue weighted by atomic mass is 10.3. The van der Waals surface area contributed by atoms with Crippen molar-refractivity contribution < 1.29 is 9.53 Å². The molecule has 2 aromatic rings. The van der Waals surface area contributed by atoms with Gasteiger partial charge in [0.15, 0.2) is 5.13 Å². The van der Waals surface area contributed by atoms with Crippen molar-refractivity contribution in [2.75, 3.05) is 11.9 Å². The lowest BCUT2D eigenvalue weighted by Crippen LogP contribution is -2.06. The third-order valence-electron chi connectivity index (χ3n) is 2.20. The zero-order valence-corrected chi connectivity index (χ0v) is 10.9. The number of carbonyl (C=O) groups excluding carboxylic acids is 1. The zero-order chi connectivity index (χ0) is 12.8. The van der Waals surface area contributed by atoms with Gasteiger partial charge in [-0.3, -0.25) is 4.79 Å². The Morgan fingerprint density at radius 2 is 2.17 bits per heavy atom. The van der Waals surface area contributed by atoms with Crippen LogP contribution in [0.1, 0.15) is 11.8 Å².